The van der Waals surface area contributed by atoms with Gasteiger partial charge in [-0.3, -0.25) is 0 Å². The summed E-state index contributed by atoms with van der Waals surface area (Å²) in [7, 11) is -1.86. The SMILES string of the molecule is CCSc1ccc([C@H](CO[Si](C)(C)C(C)(C)C)N[S@@+]([O-])C(C)(C)C)cc1. The molecule has 3 nitrogen and oxygen atoms in total. The van der Waals surface area contributed by atoms with Crippen LogP contribution in [0.15, 0.2) is 29.2 Å². The molecule has 0 bridgehead atoms. The summed E-state index contributed by atoms with van der Waals surface area (Å²) in [6, 6.07) is 8.47. The number of hydrogen-bond acceptors (Lipinski definition) is 4. The third-order valence-electron chi connectivity index (χ3n) is 4.82. The first kappa shape index (κ1) is 24.1. The highest BCUT2D eigenvalue weighted by Crippen LogP contribution is 2.37. The number of benzene rings is 1. The number of nitrogens with one attached hydrogen (secondary N) is 1. The second kappa shape index (κ2) is 9.48. The molecule has 0 heterocycles. The van der Waals surface area contributed by atoms with Crippen molar-refractivity contribution in [1.29, 1.82) is 0 Å². The van der Waals surface area contributed by atoms with E-state index in [1.165, 1.54) is 4.90 Å². The fraction of sp³-hybridized carbons (Fsp3) is 0.700. The summed E-state index contributed by atoms with van der Waals surface area (Å²) in [6.07, 6.45) is 0. The van der Waals surface area contributed by atoms with Crippen molar-refractivity contribution in [2.45, 2.75) is 82.3 Å². The first-order valence-corrected chi connectivity index (χ1v) is 14.4. The zero-order chi connectivity index (χ0) is 20.2. The Morgan fingerprint density at radius 3 is 2.08 bits per heavy atom. The molecule has 2 atom stereocenters. The van der Waals surface area contributed by atoms with Gasteiger partial charge in [0.2, 0.25) is 0 Å². The summed E-state index contributed by atoms with van der Waals surface area (Å²) in [5, 5.41) is 0.155. The van der Waals surface area contributed by atoms with Crippen molar-refractivity contribution >= 4 is 31.4 Å². The molecule has 0 aliphatic rings. The summed E-state index contributed by atoms with van der Waals surface area (Å²) in [5.41, 5.74) is 1.13. The summed E-state index contributed by atoms with van der Waals surface area (Å²) in [5.74, 6) is 1.06. The van der Waals surface area contributed by atoms with Crippen molar-refractivity contribution in [3.05, 3.63) is 29.8 Å². The quantitative estimate of drug-likeness (QED) is 0.325. The van der Waals surface area contributed by atoms with Crippen LogP contribution in [-0.2, 0) is 15.8 Å². The molecule has 0 saturated heterocycles. The van der Waals surface area contributed by atoms with E-state index in [4.69, 9.17) is 4.43 Å². The summed E-state index contributed by atoms with van der Waals surface area (Å²) in [4.78, 5) is 1.26. The van der Waals surface area contributed by atoms with E-state index >= 15 is 0 Å². The topological polar surface area (TPSA) is 44.3 Å². The van der Waals surface area contributed by atoms with Crippen LogP contribution in [0, 0.1) is 0 Å². The van der Waals surface area contributed by atoms with E-state index < -0.39 is 19.7 Å². The van der Waals surface area contributed by atoms with Crippen molar-refractivity contribution in [1.82, 2.24) is 4.72 Å². The van der Waals surface area contributed by atoms with Gasteiger partial charge in [0.1, 0.15) is 4.75 Å². The van der Waals surface area contributed by atoms with E-state index in [0.29, 0.717) is 6.61 Å². The lowest BCUT2D eigenvalue weighted by Gasteiger charge is -2.37. The maximum atomic E-state index is 12.7. The predicted molar refractivity (Wildman–Crippen MR) is 120 cm³/mol. The van der Waals surface area contributed by atoms with Crippen LogP contribution < -0.4 is 4.72 Å². The molecular formula is C20H37NO2S2Si. The Balaban J connectivity index is 2.98. The molecule has 0 amide bonds. The highest BCUT2D eigenvalue weighted by atomic mass is 32.2. The Hall–Kier alpha value is 0.0169. The Kier molecular flexibility index (Phi) is 8.77. The zero-order valence-electron chi connectivity index (χ0n) is 17.9. The van der Waals surface area contributed by atoms with Crippen molar-refractivity contribution in [2.75, 3.05) is 12.4 Å². The van der Waals surface area contributed by atoms with Crippen LogP contribution in [0.5, 0.6) is 0 Å². The molecule has 0 saturated carbocycles. The molecule has 1 rings (SSSR count). The van der Waals surface area contributed by atoms with Crippen LogP contribution >= 0.6 is 11.8 Å². The molecule has 1 aromatic carbocycles. The summed E-state index contributed by atoms with van der Waals surface area (Å²) < 4.78 is 22.1. The number of hydrogen-bond donors (Lipinski definition) is 1. The highest BCUT2D eigenvalue weighted by Gasteiger charge is 2.38. The van der Waals surface area contributed by atoms with E-state index in [0.717, 1.165) is 11.3 Å². The minimum atomic E-state index is -1.86. The van der Waals surface area contributed by atoms with E-state index in [9.17, 15) is 4.55 Å². The summed E-state index contributed by atoms with van der Waals surface area (Å²) >= 11 is 0.684. The largest absolute Gasteiger partial charge is 0.598 e. The average Bonchev–Trinajstić information content (AvgIpc) is 2.50. The second-order valence-electron chi connectivity index (χ2n) is 9.12. The lowest BCUT2D eigenvalue weighted by Crippen LogP contribution is -2.46. The van der Waals surface area contributed by atoms with Crippen molar-refractivity contribution in [2.24, 2.45) is 0 Å². The first-order chi connectivity index (χ1) is 11.8. The van der Waals surface area contributed by atoms with Gasteiger partial charge in [-0.05, 0) is 62.4 Å². The van der Waals surface area contributed by atoms with Crippen molar-refractivity contribution in [3.8, 4) is 0 Å². The van der Waals surface area contributed by atoms with E-state index in [1.54, 1.807) is 0 Å². The maximum absolute atomic E-state index is 12.7. The standard InChI is InChI=1S/C20H37NO2S2Si/c1-10-24-17-13-11-16(12-14-17)18(21-25(22)19(2,3)4)15-23-26(8,9)20(5,6)7/h11-14,18,21H,10,15H2,1-9H3/t18-,25-/m0/s1. The van der Waals surface area contributed by atoms with Gasteiger partial charge in [0, 0.05) is 16.3 Å². The lowest BCUT2D eigenvalue weighted by atomic mass is 10.1. The molecular weight excluding hydrogens is 378 g/mol. The van der Waals surface area contributed by atoms with Gasteiger partial charge in [-0.1, -0.05) is 39.8 Å². The fourth-order valence-electron chi connectivity index (χ4n) is 1.98. The molecule has 26 heavy (non-hydrogen) atoms. The smallest absolute Gasteiger partial charge is 0.192 e. The van der Waals surface area contributed by atoms with Gasteiger partial charge in [-0.2, -0.15) is 0 Å². The monoisotopic (exact) mass is 415 g/mol. The third kappa shape index (κ3) is 7.21. The molecule has 0 radical (unpaired) electrons. The van der Waals surface area contributed by atoms with Crippen LogP contribution in [0.4, 0.5) is 0 Å². The van der Waals surface area contributed by atoms with Gasteiger partial charge < -0.3 is 8.98 Å². The molecule has 0 aromatic heterocycles. The van der Waals surface area contributed by atoms with E-state index in [1.807, 2.05) is 32.5 Å². The van der Waals surface area contributed by atoms with E-state index in [2.05, 4.69) is 69.8 Å². The molecule has 0 fully saturated rings. The van der Waals surface area contributed by atoms with Gasteiger partial charge in [-0.25, -0.2) is 0 Å². The molecule has 6 heteroatoms. The number of rotatable bonds is 8. The molecule has 1 N–H and O–H groups in total. The van der Waals surface area contributed by atoms with Crippen LogP contribution in [0.2, 0.25) is 18.1 Å². The number of thioether (sulfide) groups is 1. The van der Waals surface area contributed by atoms with Gasteiger partial charge in [0.05, 0.1) is 12.6 Å². The predicted octanol–water partition coefficient (Wildman–Crippen LogP) is 5.91. The second-order valence-corrected chi connectivity index (χ2v) is 17.3. The summed E-state index contributed by atoms with van der Waals surface area (Å²) in [6.45, 7) is 19.9. The third-order valence-corrected chi connectivity index (χ3v) is 11.8. The molecule has 1 aromatic rings. The zero-order valence-corrected chi connectivity index (χ0v) is 20.6. The van der Waals surface area contributed by atoms with Crippen LogP contribution in [-0.4, -0.2) is 30.0 Å². The van der Waals surface area contributed by atoms with Crippen LogP contribution in [0.25, 0.3) is 0 Å². The Morgan fingerprint density at radius 2 is 1.65 bits per heavy atom. The maximum Gasteiger partial charge on any atom is 0.192 e. The molecule has 0 spiro atoms. The molecule has 0 aliphatic carbocycles. The minimum Gasteiger partial charge on any atom is -0.598 e. The van der Waals surface area contributed by atoms with Crippen molar-refractivity contribution in [3.63, 3.8) is 0 Å². The highest BCUT2D eigenvalue weighted by molar-refractivity contribution is 7.99. The van der Waals surface area contributed by atoms with Gasteiger partial charge in [-0.15, -0.1) is 16.5 Å². The molecule has 0 aliphatic heterocycles. The normalized spacial score (nSPS) is 15.8. The molecule has 150 valence electrons. The molecule has 0 unspecified atom stereocenters. The van der Waals surface area contributed by atoms with E-state index in [-0.39, 0.29) is 15.8 Å². The van der Waals surface area contributed by atoms with Gasteiger partial charge >= 0.3 is 0 Å². The first-order valence-electron chi connectivity index (χ1n) is 9.32. The fourth-order valence-corrected chi connectivity index (χ4v) is 4.47. The Labute approximate surface area is 169 Å². The van der Waals surface area contributed by atoms with Crippen LogP contribution in [0.1, 0.15) is 60.1 Å². The van der Waals surface area contributed by atoms with Crippen molar-refractivity contribution < 1.29 is 8.98 Å². The van der Waals surface area contributed by atoms with Gasteiger partial charge in [0.25, 0.3) is 0 Å². The average molecular weight is 416 g/mol. The van der Waals surface area contributed by atoms with Gasteiger partial charge in [0.15, 0.2) is 8.32 Å². The Bertz CT molecular complexity index is 550. The Morgan fingerprint density at radius 1 is 1.12 bits per heavy atom. The lowest BCUT2D eigenvalue weighted by molar-refractivity contribution is 0.256. The van der Waals surface area contributed by atoms with Crippen LogP contribution in [0.3, 0.4) is 0 Å². The minimum absolute atomic E-state index is 0.0788.